The van der Waals surface area contributed by atoms with E-state index in [1.807, 2.05) is 6.92 Å². The molecule has 1 aromatic carbocycles. The first-order valence-electron chi connectivity index (χ1n) is 4.76. The molecular formula is C10H15NO3S. The first-order chi connectivity index (χ1) is 7.10. The average Bonchev–Trinajstić information content (AvgIpc) is 2.27. The molecule has 1 N–H and O–H groups in total. The van der Waals surface area contributed by atoms with Crippen LogP contribution in [0.2, 0.25) is 0 Å². The molecular weight excluding hydrogens is 214 g/mol. The van der Waals surface area contributed by atoms with Crippen molar-refractivity contribution in [3.8, 4) is 5.75 Å². The van der Waals surface area contributed by atoms with Gasteiger partial charge in [0.1, 0.15) is 5.75 Å². The summed E-state index contributed by atoms with van der Waals surface area (Å²) in [5.74, 6) is 0.687. The van der Waals surface area contributed by atoms with Gasteiger partial charge in [0.2, 0.25) is 10.0 Å². The summed E-state index contributed by atoms with van der Waals surface area (Å²) in [6.07, 6.45) is 0.927. The molecule has 0 amide bonds. The van der Waals surface area contributed by atoms with Gasteiger partial charge < -0.3 is 4.74 Å². The quantitative estimate of drug-likeness (QED) is 0.830. The van der Waals surface area contributed by atoms with Crippen LogP contribution in [0, 0.1) is 0 Å². The van der Waals surface area contributed by atoms with Gasteiger partial charge in [-0.2, -0.15) is 0 Å². The molecule has 5 heteroatoms. The van der Waals surface area contributed by atoms with Crippen LogP contribution >= 0.6 is 0 Å². The highest BCUT2D eigenvalue weighted by Crippen LogP contribution is 2.15. The minimum absolute atomic E-state index is 0.244. The summed E-state index contributed by atoms with van der Waals surface area (Å²) in [6.45, 7) is 2.65. The molecule has 0 unspecified atom stereocenters. The van der Waals surface area contributed by atoms with Gasteiger partial charge in [-0.15, -0.1) is 0 Å². The second-order valence-corrected chi connectivity index (χ2v) is 4.91. The molecule has 0 atom stereocenters. The lowest BCUT2D eigenvalue weighted by Crippen LogP contribution is -2.18. The molecule has 0 aliphatic carbocycles. The Morgan fingerprint density at radius 2 is 1.87 bits per heavy atom. The van der Waals surface area contributed by atoms with E-state index in [1.54, 1.807) is 12.1 Å². The fraction of sp³-hybridized carbons (Fsp3) is 0.400. The molecule has 0 aliphatic heterocycles. The Hall–Kier alpha value is -1.07. The van der Waals surface area contributed by atoms with Gasteiger partial charge in [-0.3, -0.25) is 0 Å². The van der Waals surface area contributed by atoms with Crippen LogP contribution in [0.25, 0.3) is 0 Å². The SMILES string of the molecule is CCCOc1ccc(S(=O)(=O)NC)cc1. The Morgan fingerprint density at radius 1 is 1.27 bits per heavy atom. The van der Waals surface area contributed by atoms with E-state index in [-0.39, 0.29) is 4.90 Å². The minimum Gasteiger partial charge on any atom is -0.494 e. The highest BCUT2D eigenvalue weighted by molar-refractivity contribution is 7.89. The summed E-state index contributed by atoms with van der Waals surface area (Å²) in [5.41, 5.74) is 0. The largest absolute Gasteiger partial charge is 0.494 e. The van der Waals surface area contributed by atoms with Gasteiger partial charge in [-0.1, -0.05) is 6.92 Å². The van der Waals surface area contributed by atoms with Crippen molar-refractivity contribution in [3.05, 3.63) is 24.3 Å². The van der Waals surface area contributed by atoms with Crippen LogP contribution < -0.4 is 9.46 Å². The smallest absolute Gasteiger partial charge is 0.240 e. The summed E-state index contributed by atoms with van der Waals surface area (Å²) >= 11 is 0. The normalized spacial score (nSPS) is 11.3. The maximum absolute atomic E-state index is 11.4. The predicted molar refractivity (Wildman–Crippen MR) is 58.5 cm³/mol. The highest BCUT2D eigenvalue weighted by atomic mass is 32.2. The van der Waals surface area contributed by atoms with Crippen molar-refractivity contribution in [2.75, 3.05) is 13.7 Å². The van der Waals surface area contributed by atoms with Crippen molar-refractivity contribution < 1.29 is 13.2 Å². The number of nitrogens with one attached hydrogen (secondary N) is 1. The Kier molecular flexibility index (Phi) is 4.11. The van der Waals surface area contributed by atoms with Crippen molar-refractivity contribution >= 4 is 10.0 Å². The molecule has 0 saturated carbocycles. The number of sulfonamides is 1. The molecule has 0 saturated heterocycles. The van der Waals surface area contributed by atoms with E-state index in [1.165, 1.54) is 19.2 Å². The van der Waals surface area contributed by atoms with Crippen molar-refractivity contribution in [1.82, 2.24) is 4.72 Å². The van der Waals surface area contributed by atoms with E-state index >= 15 is 0 Å². The standard InChI is InChI=1S/C10H15NO3S/c1-3-8-14-9-4-6-10(7-5-9)15(12,13)11-2/h4-7,11H,3,8H2,1-2H3. The number of hydrogen-bond acceptors (Lipinski definition) is 3. The molecule has 0 heterocycles. The van der Waals surface area contributed by atoms with E-state index in [4.69, 9.17) is 4.74 Å². The van der Waals surface area contributed by atoms with E-state index in [9.17, 15) is 8.42 Å². The van der Waals surface area contributed by atoms with E-state index in [2.05, 4.69) is 4.72 Å². The fourth-order valence-electron chi connectivity index (χ4n) is 1.05. The van der Waals surface area contributed by atoms with Crippen LogP contribution in [0.15, 0.2) is 29.2 Å². The summed E-state index contributed by atoms with van der Waals surface area (Å²) in [5, 5.41) is 0. The third-order valence-electron chi connectivity index (χ3n) is 1.88. The predicted octanol–water partition coefficient (Wildman–Crippen LogP) is 1.38. The third kappa shape index (κ3) is 3.21. The van der Waals surface area contributed by atoms with E-state index in [0.717, 1.165) is 6.42 Å². The van der Waals surface area contributed by atoms with Crippen molar-refractivity contribution in [1.29, 1.82) is 0 Å². The zero-order valence-electron chi connectivity index (χ0n) is 8.86. The molecule has 84 valence electrons. The van der Waals surface area contributed by atoms with Gasteiger partial charge in [0.25, 0.3) is 0 Å². The monoisotopic (exact) mass is 229 g/mol. The van der Waals surface area contributed by atoms with Gasteiger partial charge in [0, 0.05) is 0 Å². The molecule has 0 aliphatic rings. The molecule has 4 nitrogen and oxygen atoms in total. The third-order valence-corrected chi connectivity index (χ3v) is 3.31. The fourth-order valence-corrected chi connectivity index (χ4v) is 1.78. The van der Waals surface area contributed by atoms with Crippen LogP contribution in [0.1, 0.15) is 13.3 Å². The average molecular weight is 229 g/mol. The van der Waals surface area contributed by atoms with Crippen LogP contribution in [0.4, 0.5) is 0 Å². The highest BCUT2D eigenvalue weighted by Gasteiger charge is 2.10. The van der Waals surface area contributed by atoms with Crippen molar-refractivity contribution in [2.45, 2.75) is 18.2 Å². The topological polar surface area (TPSA) is 55.4 Å². The van der Waals surface area contributed by atoms with E-state index in [0.29, 0.717) is 12.4 Å². The van der Waals surface area contributed by atoms with Crippen molar-refractivity contribution in [2.24, 2.45) is 0 Å². The Bertz CT molecular complexity index is 397. The lowest BCUT2D eigenvalue weighted by Gasteiger charge is -2.05. The van der Waals surface area contributed by atoms with Crippen LogP contribution in [-0.4, -0.2) is 22.1 Å². The second kappa shape index (κ2) is 5.14. The minimum atomic E-state index is -3.34. The van der Waals surface area contributed by atoms with E-state index < -0.39 is 10.0 Å². The number of benzene rings is 1. The maximum atomic E-state index is 11.4. The Balaban J connectivity index is 2.81. The Labute approximate surface area is 90.3 Å². The molecule has 1 rings (SSSR count). The molecule has 0 bridgehead atoms. The first-order valence-corrected chi connectivity index (χ1v) is 6.25. The summed E-state index contributed by atoms with van der Waals surface area (Å²) in [4.78, 5) is 0.244. The first kappa shape index (κ1) is 12.0. The molecule has 0 fully saturated rings. The molecule has 0 spiro atoms. The summed E-state index contributed by atoms with van der Waals surface area (Å²) in [6, 6.07) is 6.35. The van der Waals surface area contributed by atoms with Crippen LogP contribution in [-0.2, 0) is 10.0 Å². The van der Waals surface area contributed by atoms with Gasteiger partial charge >= 0.3 is 0 Å². The van der Waals surface area contributed by atoms with Crippen molar-refractivity contribution in [3.63, 3.8) is 0 Å². The summed E-state index contributed by atoms with van der Waals surface area (Å²) in [7, 11) is -1.96. The molecule has 15 heavy (non-hydrogen) atoms. The number of rotatable bonds is 5. The van der Waals surface area contributed by atoms with Gasteiger partial charge in [-0.25, -0.2) is 13.1 Å². The zero-order chi connectivity index (χ0) is 11.3. The van der Waals surface area contributed by atoms with Gasteiger partial charge in [-0.05, 0) is 37.7 Å². The molecule has 1 aromatic rings. The second-order valence-electron chi connectivity index (χ2n) is 3.03. The van der Waals surface area contributed by atoms with Crippen LogP contribution in [0.5, 0.6) is 5.75 Å². The Morgan fingerprint density at radius 3 is 2.33 bits per heavy atom. The lowest BCUT2D eigenvalue weighted by atomic mass is 10.3. The van der Waals surface area contributed by atoms with Gasteiger partial charge in [0.05, 0.1) is 11.5 Å². The summed E-state index contributed by atoms with van der Waals surface area (Å²) < 4.78 is 30.3. The lowest BCUT2D eigenvalue weighted by molar-refractivity contribution is 0.317. The number of ether oxygens (including phenoxy) is 1. The maximum Gasteiger partial charge on any atom is 0.240 e. The van der Waals surface area contributed by atoms with Gasteiger partial charge in [0.15, 0.2) is 0 Å². The molecule has 0 radical (unpaired) electrons. The number of hydrogen-bond donors (Lipinski definition) is 1. The zero-order valence-corrected chi connectivity index (χ0v) is 9.67. The van der Waals surface area contributed by atoms with Crippen LogP contribution in [0.3, 0.4) is 0 Å². The molecule has 0 aromatic heterocycles.